The first-order valence-corrected chi connectivity index (χ1v) is 15.2. The Morgan fingerprint density at radius 3 is 2.02 bits per heavy atom. The van der Waals surface area contributed by atoms with Gasteiger partial charge in [-0.2, -0.15) is 0 Å². The maximum Gasteiger partial charge on any atom is 0.245 e. The Kier molecular flexibility index (Phi) is 6.83. The number of benzene rings is 5. The second-order valence-corrected chi connectivity index (χ2v) is 12.2. The lowest BCUT2D eigenvalue weighted by Gasteiger charge is -2.48. The van der Waals surface area contributed by atoms with Gasteiger partial charge in [-0.25, -0.2) is 0 Å². The van der Waals surface area contributed by atoms with E-state index >= 15 is 0 Å². The van der Waals surface area contributed by atoms with E-state index in [4.69, 9.17) is 4.74 Å². The minimum absolute atomic E-state index is 0.0730. The summed E-state index contributed by atoms with van der Waals surface area (Å²) in [6, 6.07) is 42.1. The summed E-state index contributed by atoms with van der Waals surface area (Å²) >= 11 is 3.63. The Morgan fingerprint density at radius 1 is 0.791 bits per heavy atom. The van der Waals surface area contributed by atoms with E-state index in [-0.39, 0.29) is 12.5 Å². The fourth-order valence-electron chi connectivity index (χ4n) is 6.75. The zero-order valence-electron chi connectivity index (χ0n) is 23.8. The van der Waals surface area contributed by atoms with Crippen LogP contribution in [0.4, 0.5) is 11.4 Å². The predicted octanol–water partition coefficient (Wildman–Crippen LogP) is 7.20. The van der Waals surface area contributed by atoms with Gasteiger partial charge in [0, 0.05) is 53.2 Å². The average molecular weight is 632 g/mol. The molecule has 2 heterocycles. The monoisotopic (exact) mass is 630 g/mol. The van der Waals surface area contributed by atoms with E-state index in [0.29, 0.717) is 30.0 Å². The number of likely N-dealkylation sites (N-methyl/N-ethyl adjacent to an activating group) is 1. The SMILES string of the molecule is CN1C(=O)C2(c3ccc(N(Cc4ccccc4)Cc4ccccc4)cc3OC[C@]2(O)c2ccccc2)c2cc(Br)ccc21. The topological polar surface area (TPSA) is 53.0 Å². The summed E-state index contributed by atoms with van der Waals surface area (Å²) in [5.74, 6) is 0.411. The molecule has 43 heavy (non-hydrogen) atoms. The molecule has 0 fully saturated rings. The number of ether oxygens (including phenoxy) is 1. The molecular weight excluding hydrogens is 600 g/mol. The molecular formula is C37H31BrN2O3. The van der Waals surface area contributed by atoms with Crippen molar-refractivity contribution in [2.75, 3.05) is 23.5 Å². The van der Waals surface area contributed by atoms with Crippen LogP contribution in [0, 0.1) is 0 Å². The van der Waals surface area contributed by atoms with Crippen molar-refractivity contribution in [3.8, 4) is 5.75 Å². The highest BCUT2D eigenvalue weighted by molar-refractivity contribution is 9.10. The number of carbonyl (C=O) groups excluding carboxylic acids is 1. The maximum absolute atomic E-state index is 14.6. The van der Waals surface area contributed by atoms with Crippen molar-refractivity contribution in [1.82, 2.24) is 0 Å². The van der Waals surface area contributed by atoms with E-state index in [0.717, 1.165) is 21.4 Å². The number of nitrogens with zero attached hydrogens (tertiary/aromatic N) is 2. The normalized spacial score (nSPS) is 20.4. The molecule has 0 bridgehead atoms. The minimum atomic E-state index is -1.64. The molecule has 0 saturated carbocycles. The summed E-state index contributed by atoms with van der Waals surface area (Å²) in [4.78, 5) is 18.6. The van der Waals surface area contributed by atoms with Crippen LogP contribution in [0.5, 0.6) is 5.75 Å². The van der Waals surface area contributed by atoms with Crippen LogP contribution in [-0.4, -0.2) is 24.7 Å². The quantitative estimate of drug-likeness (QED) is 0.216. The van der Waals surface area contributed by atoms with Crippen molar-refractivity contribution in [1.29, 1.82) is 0 Å². The Bertz CT molecular complexity index is 1760. The number of halogens is 1. The number of aliphatic hydroxyl groups is 1. The highest BCUT2D eigenvalue weighted by Crippen LogP contribution is 2.60. The Balaban J connectivity index is 1.41. The van der Waals surface area contributed by atoms with Crippen molar-refractivity contribution < 1.29 is 14.6 Å². The van der Waals surface area contributed by atoms with Gasteiger partial charge in [0.25, 0.3) is 0 Å². The maximum atomic E-state index is 14.6. The number of amides is 1. The minimum Gasteiger partial charge on any atom is -0.490 e. The molecule has 214 valence electrons. The number of hydrogen-bond acceptors (Lipinski definition) is 4. The number of anilines is 2. The van der Waals surface area contributed by atoms with Gasteiger partial charge in [0.1, 0.15) is 23.4 Å². The summed E-state index contributed by atoms with van der Waals surface area (Å²) in [6.45, 7) is 1.33. The van der Waals surface area contributed by atoms with E-state index < -0.39 is 11.0 Å². The molecule has 2 atom stereocenters. The fraction of sp³-hybridized carbons (Fsp3) is 0.162. The Hall–Kier alpha value is -4.39. The van der Waals surface area contributed by atoms with Crippen LogP contribution >= 0.6 is 15.9 Å². The predicted molar refractivity (Wildman–Crippen MR) is 173 cm³/mol. The summed E-state index contributed by atoms with van der Waals surface area (Å²) in [6.07, 6.45) is 0. The van der Waals surface area contributed by atoms with Crippen LogP contribution in [0.3, 0.4) is 0 Å². The molecule has 0 saturated heterocycles. The summed E-state index contributed by atoms with van der Waals surface area (Å²) in [5, 5.41) is 12.7. The van der Waals surface area contributed by atoms with E-state index in [1.807, 2.05) is 72.8 Å². The first kappa shape index (κ1) is 27.4. The molecule has 2 aliphatic rings. The summed E-state index contributed by atoms with van der Waals surface area (Å²) in [7, 11) is 1.78. The molecule has 1 N–H and O–H groups in total. The molecule has 0 aliphatic carbocycles. The summed E-state index contributed by atoms with van der Waals surface area (Å²) < 4.78 is 7.28. The van der Waals surface area contributed by atoms with Gasteiger partial charge in [-0.1, -0.05) is 113 Å². The molecule has 1 amide bonds. The first-order chi connectivity index (χ1) is 20.9. The largest absolute Gasteiger partial charge is 0.490 e. The zero-order chi connectivity index (χ0) is 29.6. The molecule has 1 spiro atoms. The van der Waals surface area contributed by atoms with Crippen LogP contribution in [0.25, 0.3) is 0 Å². The number of hydrogen-bond donors (Lipinski definition) is 1. The van der Waals surface area contributed by atoms with Crippen molar-refractivity contribution >= 4 is 33.2 Å². The average Bonchev–Trinajstić information content (AvgIpc) is 3.26. The van der Waals surface area contributed by atoms with Gasteiger partial charge in [-0.3, -0.25) is 4.79 Å². The molecule has 5 aromatic carbocycles. The third-order valence-corrected chi connectivity index (χ3v) is 9.32. The van der Waals surface area contributed by atoms with Crippen molar-refractivity contribution in [3.63, 3.8) is 0 Å². The van der Waals surface area contributed by atoms with Gasteiger partial charge in [0.2, 0.25) is 5.91 Å². The molecule has 0 radical (unpaired) electrons. The highest BCUT2D eigenvalue weighted by Gasteiger charge is 2.67. The lowest BCUT2D eigenvalue weighted by atomic mass is 9.60. The van der Waals surface area contributed by atoms with Gasteiger partial charge >= 0.3 is 0 Å². The standard InChI is InChI=1S/C37H31BrN2O3/c1-39-33-20-17-29(38)21-32(33)37(35(39)41)31-19-18-30(22-34(31)43-25-36(37,42)28-15-9-4-10-16-28)40(23-26-11-5-2-6-12-26)24-27-13-7-3-8-14-27/h2-22,42H,23-25H2,1H3/t36-,37?/m0/s1. The van der Waals surface area contributed by atoms with Gasteiger partial charge in [0.15, 0.2) is 0 Å². The first-order valence-electron chi connectivity index (χ1n) is 14.4. The van der Waals surface area contributed by atoms with Crippen LogP contribution in [0.2, 0.25) is 0 Å². The molecule has 5 nitrogen and oxygen atoms in total. The van der Waals surface area contributed by atoms with Crippen LogP contribution in [0.15, 0.2) is 132 Å². The van der Waals surface area contributed by atoms with E-state index in [1.165, 1.54) is 11.1 Å². The fourth-order valence-corrected chi connectivity index (χ4v) is 7.11. The van der Waals surface area contributed by atoms with Crippen molar-refractivity contribution in [2.24, 2.45) is 0 Å². The highest BCUT2D eigenvalue weighted by atomic mass is 79.9. The van der Waals surface area contributed by atoms with E-state index in [2.05, 4.69) is 75.4 Å². The van der Waals surface area contributed by atoms with E-state index in [1.54, 1.807) is 11.9 Å². The van der Waals surface area contributed by atoms with Crippen molar-refractivity contribution in [3.05, 3.63) is 160 Å². The van der Waals surface area contributed by atoms with Crippen molar-refractivity contribution in [2.45, 2.75) is 24.1 Å². The molecule has 1 unspecified atom stereocenters. The smallest absolute Gasteiger partial charge is 0.245 e. The second-order valence-electron chi connectivity index (χ2n) is 11.3. The summed E-state index contributed by atoms with van der Waals surface area (Å²) in [5.41, 5.74) is 3.12. The number of carbonyl (C=O) groups is 1. The third kappa shape index (κ3) is 4.36. The number of fused-ring (bicyclic) bond motifs is 4. The zero-order valence-corrected chi connectivity index (χ0v) is 25.4. The molecule has 2 aliphatic heterocycles. The Labute approximate surface area is 260 Å². The molecule has 0 aromatic heterocycles. The molecule has 6 heteroatoms. The van der Waals surface area contributed by atoms with Gasteiger partial charge in [-0.05, 0) is 41.0 Å². The second kappa shape index (κ2) is 10.7. The van der Waals surface area contributed by atoms with Crippen LogP contribution in [0.1, 0.15) is 27.8 Å². The lowest BCUT2D eigenvalue weighted by molar-refractivity contribution is -0.138. The molecule has 7 rings (SSSR count). The van der Waals surface area contributed by atoms with Gasteiger partial charge in [-0.15, -0.1) is 0 Å². The van der Waals surface area contributed by atoms with E-state index in [9.17, 15) is 9.90 Å². The van der Waals surface area contributed by atoms with Gasteiger partial charge in [0.05, 0.1) is 0 Å². The number of rotatable bonds is 6. The third-order valence-electron chi connectivity index (χ3n) is 8.82. The molecule has 5 aromatic rings. The van der Waals surface area contributed by atoms with Gasteiger partial charge < -0.3 is 19.6 Å². The lowest BCUT2D eigenvalue weighted by Crippen LogP contribution is -2.60. The van der Waals surface area contributed by atoms with Crippen LogP contribution < -0.4 is 14.5 Å². The Morgan fingerprint density at radius 2 is 1.40 bits per heavy atom. The van der Waals surface area contributed by atoms with Crippen LogP contribution in [-0.2, 0) is 28.9 Å².